The summed E-state index contributed by atoms with van der Waals surface area (Å²) < 4.78 is 46.3. The van der Waals surface area contributed by atoms with E-state index >= 15 is 0 Å². The molecule has 0 spiro atoms. The quantitative estimate of drug-likeness (QED) is 0.234. The number of benzene rings is 2. The van der Waals surface area contributed by atoms with Gasteiger partial charge in [-0.15, -0.1) is 0 Å². The van der Waals surface area contributed by atoms with Crippen LogP contribution >= 0.6 is 0 Å². The Morgan fingerprint density at radius 3 is 2.42 bits per heavy atom. The normalized spacial score (nSPS) is 10.5. The number of hydrogen-bond acceptors (Lipinski definition) is 5. The summed E-state index contributed by atoms with van der Waals surface area (Å²) in [5, 5.41) is 3.00. The summed E-state index contributed by atoms with van der Waals surface area (Å²) in [5.74, 6) is 4.21. The monoisotopic (exact) mass is 432 g/mol. The van der Waals surface area contributed by atoms with Gasteiger partial charge in [0.1, 0.15) is 12.4 Å². The van der Waals surface area contributed by atoms with Crippen LogP contribution in [0.15, 0.2) is 60.7 Å². The maximum absolute atomic E-state index is 13.6. The summed E-state index contributed by atoms with van der Waals surface area (Å²) in [7, 11) is 1.75. The molecule has 31 heavy (non-hydrogen) atoms. The third kappa shape index (κ3) is 6.71. The summed E-state index contributed by atoms with van der Waals surface area (Å²) in [5.41, 5.74) is 4.15. The molecule has 0 saturated carbocycles. The van der Waals surface area contributed by atoms with Crippen LogP contribution in [-0.4, -0.2) is 18.4 Å². The smallest absolute Gasteiger partial charge is 0.419 e. The molecule has 1 aromatic heterocycles. The van der Waals surface area contributed by atoms with E-state index in [0.717, 1.165) is 23.0 Å². The molecule has 3 aromatic rings. The van der Waals surface area contributed by atoms with Crippen LogP contribution < -0.4 is 21.3 Å². The molecular weight excluding hydrogens is 409 g/mol. The number of hydrazine groups is 1. The molecule has 1 amide bonds. The van der Waals surface area contributed by atoms with Gasteiger partial charge in [-0.2, -0.15) is 13.2 Å². The predicted octanol–water partition coefficient (Wildman–Crippen LogP) is 4.30. The number of anilines is 1. The van der Waals surface area contributed by atoms with Crippen molar-refractivity contribution in [2.45, 2.75) is 19.7 Å². The number of nitrogens with one attached hydrogen (secondary N) is 2. The number of aryl methyl sites for hydroxylation is 1. The van der Waals surface area contributed by atoms with E-state index in [1.807, 2.05) is 24.3 Å². The Labute approximate surface area is 178 Å². The number of alkyl halides is 3. The summed E-state index contributed by atoms with van der Waals surface area (Å²) >= 11 is 0. The first kappa shape index (κ1) is 23.7. The number of nitrogens with two attached hydrogens (primary N) is 1. The standard InChI is InChI=1S/C21H19F3N2O.CH4N2O/c1-14-6-5-9-19(26-14)15-10-11-20(17(12-15)21(22,23)24)27-13-16-7-3-4-8-18(16)25-2;2-3-1-4/h3-12,25H,13H2,1-2H3;1H,2H2,(H,3,4). The minimum absolute atomic E-state index is 0.0299. The van der Waals surface area contributed by atoms with Crippen molar-refractivity contribution in [1.82, 2.24) is 10.4 Å². The van der Waals surface area contributed by atoms with Crippen LogP contribution in [0, 0.1) is 6.92 Å². The number of aromatic nitrogens is 1. The van der Waals surface area contributed by atoms with Gasteiger partial charge in [-0.05, 0) is 43.3 Å². The Kier molecular flexibility index (Phi) is 8.39. The highest BCUT2D eigenvalue weighted by molar-refractivity contribution is 5.62. The van der Waals surface area contributed by atoms with Crippen molar-refractivity contribution in [1.29, 1.82) is 0 Å². The summed E-state index contributed by atoms with van der Waals surface area (Å²) in [6.45, 7) is 1.83. The van der Waals surface area contributed by atoms with Crippen molar-refractivity contribution in [2.75, 3.05) is 12.4 Å². The van der Waals surface area contributed by atoms with Crippen molar-refractivity contribution < 1.29 is 22.7 Å². The first-order chi connectivity index (χ1) is 14.8. The van der Waals surface area contributed by atoms with Gasteiger partial charge in [-0.3, -0.25) is 15.2 Å². The fraction of sp³-hybridized carbons (Fsp3) is 0.182. The van der Waals surface area contributed by atoms with Gasteiger partial charge in [0.25, 0.3) is 0 Å². The molecule has 0 aliphatic heterocycles. The van der Waals surface area contributed by atoms with Crippen LogP contribution in [0.2, 0.25) is 0 Å². The van der Waals surface area contributed by atoms with E-state index < -0.39 is 11.7 Å². The zero-order chi connectivity index (χ0) is 22.9. The number of rotatable bonds is 6. The lowest BCUT2D eigenvalue weighted by Gasteiger charge is -2.16. The van der Waals surface area contributed by atoms with E-state index in [-0.39, 0.29) is 12.4 Å². The maximum Gasteiger partial charge on any atom is 0.419 e. The van der Waals surface area contributed by atoms with E-state index in [9.17, 15) is 13.2 Å². The third-order valence-electron chi connectivity index (χ3n) is 4.21. The molecule has 0 aliphatic carbocycles. The molecule has 0 saturated heterocycles. The number of carbonyl (C=O) groups excluding carboxylic acids is 1. The van der Waals surface area contributed by atoms with Crippen LogP contribution in [0.25, 0.3) is 11.3 Å². The topological polar surface area (TPSA) is 89.3 Å². The molecule has 9 heteroatoms. The van der Waals surface area contributed by atoms with Crippen molar-refractivity contribution in [3.8, 4) is 17.0 Å². The number of carbonyl (C=O) groups is 1. The maximum atomic E-state index is 13.6. The second kappa shape index (κ2) is 11.0. The van der Waals surface area contributed by atoms with Crippen LogP contribution in [0.3, 0.4) is 0 Å². The largest absolute Gasteiger partial charge is 0.488 e. The molecule has 0 bridgehead atoms. The van der Waals surface area contributed by atoms with Gasteiger partial charge >= 0.3 is 6.18 Å². The minimum Gasteiger partial charge on any atom is -0.488 e. The molecule has 164 valence electrons. The summed E-state index contributed by atoms with van der Waals surface area (Å²) in [4.78, 5) is 13.2. The van der Waals surface area contributed by atoms with E-state index in [1.165, 1.54) is 6.07 Å². The van der Waals surface area contributed by atoms with Crippen LogP contribution in [0.4, 0.5) is 18.9 Å². The number of pyridine rings is 1. The summed E-state index contributed by atoms with van der Waals surface area (Å²) in [6.07, 6.45) is -4.13. The SMILES string of the molecule is CNc1ccccc1COc1ccc(-c2cccc(C)n2)cc1C(F)(F)F.NNC=O. The minimum atomic E-state index is -4.53. The first-order valence-corrected chi connectivity index (χ1v) is 9.23. The van der Waals surface area contributed by atoms with Gasteiger partial charge in [0.2, 0.25) is 6.41 Å². The molecule has 0 fully saturated rings. The molecule has 4 N–H and O–H groups in total. The van der Waals surface area contributed by atoms with Crippen molar-refractivity contribution in [3.63, 3.8) is 0 Å². The lowest BCUT2D eigenvalue weighted by molar-refractivity contribution is -0.139. The first-order valence-electron chi connectivity index (χ1n) is 9.23. The molecule has 0 aliphatic rings. The molecule has 3 rings (SSSR count). The molecule has 0 unspecified atom stereocenters. The van der Waals surface area contributed by atoms with E-state index in [4.69, 9.17) is 9.53 Å². The molecule has 0 radical (unpaired) electrons. The number of nitrogens with zero attached hydrogens (tertiary/aromatic N) is 1. The van der Waals surface area contributed by atoms with E-state index in [1.54, 1.807) is 43.7 Å². The second-order valence-electron chi connectivity index (χ2n) is 6.35. The highest BCUT2D eigenvalue weighted by Crippen LogP contribution is 2.39. The lowest BCUT2D eigenvalue weighted by atomic mass is 10.1. The Bertz CT molecular complexity index is 1010. The fourth-order valence-corrected chi connectivity index (χ4v) is 2.79. The Balaban J connectivity index is 0.000000785. The highest BCUT2D eigenvalue weighted by atomic mass is 19.4. The average Bonchev–Trinajstić information content (AvgIpc) is 2.77. The van der Waals surface area contributed by atoms with E-state index in [0.29, 0.717) is 17.7 Å². The van der Waals surface area contributed by atoms with Crippen molar-refractivity contribution in [2.24, 2.45) is 5.84 Å². The molecule has 0 atom stereocenters. The van der Waals surface area contributed by atoms with Crippen LogP contribution in [-0.2, 0) is 17.6 Å². The third-order valence-corrected chi connectivity index (χ3v) is 4.21. The van der Waals surface area contributed by atoms with Gasteiger partial charge in [-0.1, -0.05) is 24.3 Å². The van der Waals surface area contributed by atoms with Gasteiger partial charge in [0, 0.05) is 29.6 Å². The highest BCUT2D eigenvalue weighted by Gasteiger charge is 2.35. The molecule has 6 nitrogen and oxygen atoms in total. The number of ether oxygens (including phenoxy) is 1. The van der Waals surface area contributed by atoms with Gasteiger partial charge in [-0.25, -0.2) is 5.84 Å². The molecular formula is C22H23F3N4O2. The Morgan fingerprint density at radius 2 is 1.81 bits per heavy atom. The summed E-state index contributed by atoms with van der Waals surface area (Å²) in [6, 6.07) is 16.6. The van der Waals surface area contributed by atoms with Crippen molar-refractivity contribution in [3.05, 3.63) is 77.5 Å². The zero-order valence-corrected chi connectivity index (χ0v) is 17.0. The zero-order valence-electron chi connectivity index (χ0n) is 17.0. The number of para-hydroxylation sites is 1. The number of halogens is 3. The number of amides is 1. The average molecular weight is 432 g/mol. The molecule has 2 aromatic carbocycles. The van der Waals surface area contributed by atoms with Crippen molar-refractivity contribution >= 4 is 12.1 Å². The van der Waals surface area contributed by atoms with E-state index in [2.05, 4.69) is 16.1 Å². The molecule has 1 heterocycles. The Morgan fingerprint density at radius 1 is 1.10 bits per heavy atom. The second-order valence-corrected chi connectivity index (χ2v) is 6.35. The van der Waals surface area contributed by atoms with Gasteiger partial charge in [0.15, 0.2) is 0 Å². The lowest BCUT2D eigenvalue weighted by Crippen LogP contribution is -2.18. The van der Waals surface area contributed by atoms with Crippen LogP contribution in [0.1, 0.15) is 16.8 Å². The van der Waals surface area contributed by atoms with Gasteiger partial charge in [0.05, 0.1) is 11.3 Å². The Hall–Kier alpha value is -3.59. The number of hydrogen-bond donors (Lipinski definition) is 3. The van der Waals surface area contributed by atoms with Gasteiger partial charge < -0.3 is 10.1 Å². The fourth-order valence-electron chi connectivity index (χ4n) is 2.79. The predicted molar refractivity (Wildman–Crippen MR) is 113 cm³/mol. The van der Waals surface area contributed by atoms with Crippen LogP contribution in [0.5, 0.6) is 5.75 Å².